The normalized spacial score (nSPS) is 12.6. The smallest absolute Gasteiger partial charge is 0.0111 e. The third-order valence-electron chi connectivity index (χ3n) is 3.06. The van der Waals surface area contributed by atoms with Crippen LogP contribution in [0, 0.1) is 5.92 Å². The van der Waals surface area contributed by atoms with Gasteiger partial charge in [-0.15, -0.1) is 6.58 Å². The number of hydrogen-bond donors (Lipinski definition) is 1. The molecule has 1 rings (SSSR count). The maximum absolute atomic E-state index is 3.73. The largest absolute Gasteiger partial charge is 0.315 e. The first-order chi connectivity index (χ1) is 8.75. The van der Waals surface area contributed by atoms with Gasteiger partial charge < -0.3 is 5.32 Å². The molecule has 0 saturated heterocycles. The van der Waals surface area contributed by atoms with Crippen molar-refractivity contribution in [1.82, 2.24) is 5.32 Å². The summed E-state index contributed by atoms with van der Waals surface area (Å²) in [5.74, 6) is 3.48. The van der Waals surface area contributed by atoms with Crippen molar-refractivity contribution in [1.29, 1.82) is 0 Å². The molecule has 100 valence electrons. The van der Waals surface area contributed by atoms with E-state index in [1.165, 1.54) is 5.56 Å². The highest BCUT2D eigenvalue weighted by molar-refractivity contribution is 7.99. The Kier molecular flexibility index (Phi) is 7.86. The van der Waals surface area contributed by atoms with Crippen molar-refractivity contribution in [2.24, 2.45) is 5.92 Å². The van der Waals surface area contributed by atoms with E-state index in [0.717, 1.165) is 24.6 Å². The molecule has 1 atom stereocenters. The minimum atomic E-state index is 0.607. The average molecular weight is 263 g/mol. The topological polar surface area (TPSA) is 12.0 Å². The van der Waals surface area contributed by atoms with Gasteiger partial charge in [-0.3, -0.25) is 0 Å². The number of rotatable bonds is 9. The summed E-state index contributed by atoms with van der Waals surface area (Å²) in [7, 11) is 0. The third kappa shape index (κ3) is 5.74. The van der Waals surface area contributed by atoms with E-state index in [1.54, 1.807) is 0 Å². The average Bonchev–Trinajstić information content (AvgIpc) is 2.38. The number of thioether (sulfide) groups is 1. The molecule has 0 aliphatic heterocycles. The molecule has 0 bridgehead atoms. The molecule has 1 N–H and O–H groups in total. The first-order valence-corrected chi connectivity index (χ1v) is 7.85. The van der Waals surface area contributed by atoms with E-state index in [1.807, 2.05) is 17.8 Å². The molecule has 0 spiro atoms. The Bertz CT molecular complexity index is 321. The third-order valence-corrected chi connectivity index (χ3v) is 4.02. The highest BCUT2D eigenvalue weighted by Crippen LogP contribution is 2.23. The lowest BCUT2D eigenvalue weighted by Crippen LogP contribution is -2.26. The first-order valence-electron chi connectivity index (χ1n) is 6.70. The quantitative estimate of drug-likeness (QED) is 0.535. The van der Waals surface area contributed by atoms with Crippen molar-refractivity contribution in [3.63, 3.8) is 0 Å². The van der Waals surface area contributed by atoms with Crippen LogP contribution in [-0.2, 0) is 0 Å². The zero-order valence-electron chi connectivity index (χ0n) is 11.6. The van der Waals surface area contributed by atoms with Crippen molar-refractivity contribution in [2.75, 3.05) is 24.6 Å². The van der Waals surface area contributed by atoms with Crippen LogP contribution in [0.25, 0.3) is 0 Å². The van der Waals surface area contributed by atoms with Gasteiger partial charge in [0.25, 0.3) is 0 Å². The van der Waals surface area contributed by atoms with Crippen LogP contribution in [0.4, 0.5) is 0 Å². The second-order valence-corrected chi connectivity index (χ2v) is 5.98. The van der Waals surface area contributed by atoms with Gasteiger partial charge in [-0.2, -0.15) is 11.8 Å². The van der Waals surface area contributed by atoms with Gasteiger partial charge in [-0.05, 0) is 17.4 Å². The molecule has 1 nitrogen and oxygen atoms in total. The van der Waals surface area contributed by atoms with Gasteiger partial charge >= 0.3 is 0 Å². The lowest BCUT2D eigenvalue weighted by Gasteiger charge is -2.22. The van der Waals surface area contributed by atoms with Gasteiger partial charge in [0.05, 0.1) is 0 Å². The van der Waals surface area contributed by atoms with Crippen LogP contribution in [0.5, 0.6) is 0 Å². The molecule has 0 fully saturated rings. The lowest BCUT2D eigenvalue weighted by molar-refractivity contribution is 0.468. The Morgan fingerprint density at radius 2 is 2.00 bits per heavy atom. The summed E-state index contributed by atoms with van der Waals surface area (Å²) in [5, 5.41) is 3.57. The second-order valence-electron chi connectivity index (χ2n) is 4.83. The Labute approximate surface area is 116 Å². The molecule has 0 aromatic heterocycles. The lowest BCUT2D eigenvalue weighted by atomic mass is 9.88. The van der Waals surface area contributed by atoms with Crippen molar-refractivity contribution in [2.45, 2.75) is 19.8 Å². The molecule has 0 radical (unpaired) electrons. The van der Waals surface area contributed by atoms with Gasteiger partial charge in [0.2, 0.25) is 0 Å². The zero-order valence-corrected chi connectivity index (χ0v) is 12.4. The second kappa shape index (κ2) is 9.23. The van der Waals surface area contributed by atoms with Crippen molar-refractivity contribution < 1.29 is 0 Å². The predicted octanol–water partition coefficient (Wildman–Crippen LogP) is 3.94. The SMILES string of the molecule is C=CCSCCNCC(c1ccccc1)C(C)C. The van der Waals surface area contributed by atoms with Crippen LogP contribution >= 0.6 is 11.8 Å². The Morgan fingerprint density at radius 1 is 1.28 bits per heavy atom. The fourth-order valence-corrected chi connectivity index (χ4v) is 2.63. The molecule has 0 saturated carbocycles. The number of benzene rings is 1. The Morgan fingerprint density at radius 3 is 2.61 bits per heavy atom. The van der Waals surface area contributed by atoms with Crippen molar-refractivity contribution in [3.8, 4) is 0 Å². The summed E-state index contributed by atoms with van der Waals surface area (Å²) in [4.78, 5) is 0. The molecule has 2 heteroatoms. The fourth-order valence-electron chi connectivity index (χ4n) is 2.01. The summed E-state index contributed by atoms with van der Waals surface area (Å²) in [6.07, 6.45) is 1.96. The van der Waals surface area contributed by atoms with E-state index < -0.39 is 0 Å². The van der Waals surface area contributed by atoms with E-state index in [9.17, 15) is 0 Å². The van der Waals surface area contributed by atoms with Gasteiger partial charge in [0.1, 0.15) is 0 Å². The van der Waals surface area contributed by atoms with Crippen LogP contribution in [0.3, 0.4) is 0 Å². The number of hydrogen-bond acceptors (Lipinski definition) is 2. The molecule has 1 unspecified atom stereocenters. The maximum Gasteiger partial charge on any atom is 0.0111 e. The van der Waals surface area contributed by atoms with Crippen molar-refractivity contribution in [3.05, 3.63) is 48.6 Å². The molecule has 0 amide bonds. The van der Waals surface area contributed by atoms with Crippen LogP contribution in [0.1, 0.15) is 25.3 Å². The minimum Gasteiger partial charge on any atom is -0.315 e. The van der Waals surface area contributed by atoms with Crippen LogP contribution < -0.4 is 5.32 Å². The summed E-state index contributed by atoms with van der Waals surface area (Å²) in [6.45, 7) is 10.5. The summed E-state index contributed by atoms with van der Waals surface area (Å²) in [5.41, 5.74) is 1.44. The highest BCUT2D eigenvalue weighted by atomic mass is 32.2. The molecule has 1 aromatic rings. The Balaban J connectivity index is 2.33. The van der Waals surface area contributed by atoms with E-state index in [4.69, 9.17) is 0 Å². The standard InChI is InChI=1S/C16H25NS/c1-4-11-18-12-10-17-13-16(14(2)3)15-8-6-5-7-9-15/h4-9,14,16-17H,1,10-13H2,2-3H3. The minimum absolute atomic E-state index is 0.607. The van der Waals surface area contributed by atoms with Crippen molar-refractivity contribution >= 4 is 11.8 Å². The highest BCUT2D eigenvalue weighted by Gasteiger charge is 2.14. The predicted molar refractivity (Wildman–Crippen MR) is 84.4 cm³/mol. The molecule has 0 aliphatic rings. The maximum atomic E-state index is 3.73. The molecule has 18 heavy (non-hydrogen) atoms. The summed E-state index contributed by atoms with van der Waals surface area (Å²) >= 11 is 1.93. The number of nitrogens with one attached hydrogen (secondary N) is 1. The van der Waals surface area contributed by atoms with E-state index in [0.29, 0.717) is 11.8 Å². The monoisotopic (exact) mass is 263 g/mol. The molecular weight excluding hydrogens is 238 g/mol. The van der Waals surface area contributed by atoms with E-state index in [2.05, 4.69) is 56.1 Å². The Hall–Kier alpha value is -0.730. The fraction of sp³-hybridized carbons (Fsp3) is 0.500. The van der Waals surface area contributed by atoms with Crippen LogP contribution in [0.2, 0.25) is 0 Å². The van der Waals surface area contributed by atoms with E-state index in [-0.39, 0.29) is 0 Å². The molecule has 0 heterocycles. The van der Waals surface area contributed by atoms with Gasteiger partial charge in [-0.1, -0.05) is 50.3 Å². The molecule has 0 aliphatic carbocycles. The summed E-state index contributed by atoms with van der Waals surface area (Å²) < 4.78 is 0. The van der Waals surface area contributed by atoms with Gasteiger partial charge in [0, 0.05) is 24.6 Å². The first kappa shape index (κ1) is 15.3. The van der Waals surface area contributed by atoms with Gasteiger partial charge in [-0.25, -0.2) is 0 Å². The van der Waals surface area contributed by atoms with E-state index >= 15 is 0 Å². The van der Waals surface area contributed by atoms with Crippen LogP contribution in [0.15, 0.2) is 43.0 Å². The zero-order chi connectivity index (χ0) is 13.2. The van der Waals surface area contributed by atoms with Crippen LogP contribution in [-0.4, -0.2) is 24.6 Å². The molecular formula is C16H25NS. The van der Waals surface area contributed by atoms with Gasteiger partial charge in [0.15, 0.2) is 0 Å². The molecule has 1 aromatic carbocycles. The summed E-state index contributed by atoms with van der Waals surface area (Å²) in [6, 6.07) is 10.8.